The van der Waals surface area contributed by atoms with Gasteiger partial charge in [-0.15, -0.1) is 35.3 Å². The van der Waals surface area contributed by atoms with Crippen LogP contribution in [0.4, 0.5) is 0 Å². The lowest BCUT2D eigenvalue weighted by Gasteiger charge is -2.11. The van der Waals surface area contributed by atoms with Crippen molar-refractivity contribution in [3.63, 3.8) is 0 Å². The number of rotatable bonds is 9. The molecule has 0 aliphatic heterocycles. The van der Waals surface area contributed by atoms with Crippen molar-refractivity contribution >= 4 is 41.3 Å². The van der Waals surface area contributed by atoms with Crippen LogP contribution in [0.15, 0.2) is 52.8 Å². The number of hydrogen-bond acceptors (Lipinski definition) is 3. The molecule has 2 aromatic rings. The highest BCUT2D eigenvalue weighted by molar-refractivity contribution is 14.0. The van der Waals surface area contributed by atoms with Gasteiger partial charge in [-0.1, -0.05) is 36.4 Å². The zero-order valence-electron chi connectivity index (χ0n) is 14.0. The third-order valence-corrected chi connectivity index (χ3v) is 4.23. The van der Waals surface area contributed by atoms with Gasteiger partial charge in [0.1, 0.15) is 0 Å². The molecule has 0 unspecified atom stereocenters. The number of guanidine groups is 1. The minimum atomic E-state index is 0. The van der Waals surface area contributed by atoms with Gasteiger partial charge in [-0.05, 0) is 29.9 Å². The molecular formula is C18H26IN3OS. The van der Waals surface area contributed by atoms with E-state index in [1.165, 1.54) is 10.4 Å². The molecule has 2 N–H and O–H groups in total. The predicted molar refractivity (Wildman–Crippen MR) is 113 cm³/mol. The van der Waals surface area contributed by atoms with E-state index in [9.17, 15) is 0 Å². The van der Waals surface area contributed by atoms with E-state index >= 15 is 0 Å². The highest BCUT2D eigenvalue weighted by atomic mass is 127. The van der Waals surface area contributed by atoms with Crippen LogP contribution in [0.1, 0.15) is 23.3 Å². The van der Waals surface area contributed by atoms with Crippen molar-refractivity contribution in [1.82, 2.24) is 10.6 Å². The van der Waals surface area contributed by atoms with Gasteiger partial charge in [-0.2, -0.15) is 0 Å². The number of unbranched alkanes of at least 4 members (excludes halogenated alkanes) is 1. The van der Waals surface area contributed by atoms with Crippen LogP contribution in [0.2, 0.25) is 0 Å². The first-order valence-electron chi connectivity index (χ1n) is 7.97. The Kier molecular flexibility index (Phi) is 11.5. The van der Waals surface area contributed by atoms with Crippen LogP contribution in [-0.4, -0.2) is 26.2 Å². The number of nitrogens with one attached hydrogen (secondary N) is 2. The van der Waals surface area contributed by atoms with Gasteiger partial charge in [0.2, 0.25) is 0 Å². The summed E-state index contributed by atoms with van der Waals surface area (Å²) in [6.45, 7) is 3.20. The number of benzene rings is 1. The van der Waals surface area contributed by atoms with Crippen molar-refractivity contribution in [2.75, 3.05) is 20.2 Å². The van der Waals surface area contributed by atoms with Crippen LogP contribution in [0.25, 0.3) is 0 Å². The fourth-order valence-corrected chi connectivity index (χ4v) is 2.75. The van der Waals surface area contributed by atoms with E-state index < -0.39 is 0 Å². The van der Waals surface area contributed by atoms with E-state index in [0.717, 1.165) is 38.5 Å². The molecule has 0 radical (unpaired) electrons. The zero-order valence-corrected chi connectivity index (χ0v) is 17.2. The molecule has 4 nitrogen and oxygen atoms in total. The van der Waals surface area contributed by atoms with Crippen LogP contribution in [0.5, 0.6) is 0 Å². The van der Waals surface area contributed by atoms with Gasteiger partial charge in [-0.25, -0.2) is 0 Å². The molecule has 0 amide bonds. The van der Waals surface area contributed by atoms with E-state index in [-0.39, 0.29) is 24.0 Å². The summed E-state index contributed by atoms with van der Waals surface area (Å²) in [5, 5.41) is 8.73. The molecule has 2 rings (SSSR count). The van der Waals surface area contributed by atoms with Crippen LogP contribution >= 0.6 is 35.3 Å². The Morgan fingerprint density at radius 1 is 1.08 bits per heavy atom. The summed E-state index contributed by atoms with van der Waals surface area (Å²) >= 11 is 1.75. The maximum atomic E-state index is 5.68. The first-order chi connectivity index (χ1) is 11.4. The van der Waals surface area contributed by atoms with Gasteiger partial charge >= 0.3 is 0 Å². The maximum Gasteiger partial charge on any atom is 0.191 e. The first kappa shape index (κ1) is 20.9. The summed E-state index contributed by atoms with van der Waals surface area (Å²) < 4.78 is 5.68. The Bertz CT molecular complexity index is 561. The first-order valence-corrected chi connectivity index (χ1v) is 8.85. The van der Waals surface area contributed by atoms with E-state index in [1.807, 2.05) is 18.2 Å². The largest absolute Gasteiger partial charge is 0.377 e. The highest BCUT2D eigenvalue weighted by Gasteiger charge is 1.98. The number of halogens is 1. The van der Waals surface area contributed by atoms with Crippen molar-refractivity contribution in [3.8, 4) is 0 Å². The third kappa shape index (κ3) is 8.65. The van der Waals surface area contributed by atoms with Crippen molar-refractivity contribution in [3.05, 3.63) is 58.3 Å². The molecule has 132 valence electrons. The Morgan fingerprint density at radius 2 is 1.92 bits per heavy atom. The highest BCUT2D eigenvalue weighted by Crippen LogP contribution is 2.07. The van der Waals surface area contributed by atoms with E-state index in [4.69, 9.17) is 4.74 Å². The molecule has 1 heterocycles. The Hall–Kier alpha value is -1.12. The fourth-order valence-electron chi connectivity index (χ4n) is 2.10. The monoisotopic (exact) mass is 459 g/mol. The van der Waals surface area contributed by atoms with Gasteiger partial charge in [0.15, 0.2) is 5.96 Å². The van der Waals surface area contributed by atoms with Crippen molar-refractivity contribution in [2.45, 2.75) is 26.0 Å². The van der Waals surface area contributed by atoms with Crippen molar-refractivity contribution in [1.29, 1.82) is 0 Å². The second-order valence-corrected chi connectivity index (χ2v) is 6.21. The Morgan fingerprint density at radius 3 is 2.62 bits per heavy atom. The number of hydrogen-bond donors (Lipinski definition) is 2. The van der Waals surface area contributed by atoms with Gasteiger partial charge in [-0.3, -0.25) is 4.99 Å². The molecule has 0 fully saturated rings. The van der Waals surface area contributed by atoms with Gasteiger partial charge in [0.25, 0.3) is 0 Å². The molecular weight excluding hydrogens is 433 g/mol. The number of nitrogens with zero attached hydrogens (tertiary/aromatic N) is 1. The molecule has 0 aliphatic carbocycles. The maximum absolute atomic E-state index is 5.68. The molecule has 6 heteroatoms. The standard InChI is InChI=1S/C18H25N3OS.HI/c1-19-18(21-14-17-10-7-13-23-17)20-11-5-6-12-22-15-16-8-3-2-4-9-16;/h2-4,7-10,13H,5-6,11-12,14-15H2,1H3,(H2,19,20,21);1H. The second-order valence-electron chi connectivity index (χ2n) is 5.18. The van der Waals surface area contributed by atoms with E-state index in [0.29, 0.717) is 6.61 Å². The number of thiophene rings is 1. The lowest BCUT2D eigenvalue weighted by molar-refractivity contribution is 0.117. The van der Waals surface area contributed by atoms with Gasteiger partial charge in [0, 0.05) is 25.1 Å². The van der Waals surface area contributed by atoms with Crippen molar-refractivity contribution in [2.24, 2.45) is 4.99 Å². The Balaban J connectivity index is 0.00000288. The lowest BCUT2D eigenvalue weighted by Crippen LogP contribution is -2.37. The average Bonchev–Trinajstić information content (AvgIpc) is 3.11. The number of ether oxygens (including phenoxy) is 1. The lowest BCUT2D eigenvalue weighted by atomic mass is 10.2. The molecule has 0 bridgehead atoms. The minimum Gasteiger partial charge on any atom is -0.377 e. The topological polar surface area (TPSA) is 45.7 Å². The van der Waals surface area contributed by atoms with Gasteiger partial charge < -0.3 is 15.4 Å². The average molecular weight is 459 g/mol. The fraction of sp³-hybridized carbons (Fsp3) is 0.389. The third-order valence-electron chi connectivity index (χ3n) is 3.35. The van der Waals surface area contributed by atoms with Crippen LogP contribution in [0, 0.1) is 0 Å². The summed E-state index contributed by atoms with van der Waals surface area (Å²) in [5.41, 5.74) is 1.23. The molecule has 0 spiro atoms. The molecule has 0 aliphatic rings. The molecule has 0 saturated heterocycles. The normalized spacial score (nSPS) is 11.0. The van der Waals surface area contributed by atoms with E-state index in [2.05, 4.69) is 45.3 Å². The molecule has 24 heavy (non-hydrogen) atoms. The van der Waals surface area contributed by atoms with Gasteiger partial charge in [0.05, 0.1) is 13.2 Å². The summed E-state index contributed by atoms with van der Waals surface area (Å²) in [4.78, 5) is 5.54. The van der Waals surface area contributed by atoms with Crippen LogP contribution in [0.3, 0.4) is 0 Å². The van der Waals surface area contributed by atoms with Crippen LogP contribution < -0.4 is 10.6 Å². The minimum absolute atomic E-state index is 0. The summed E-state index contributed by atoms with van der Waals surface area (Å²) in [5.74, 6) is 0.851. The van der Waals surface area contributed by atoms with Crippen LogP contribution in [-0.2, 0) is 17.9 Å². The molecule has 0 saturated carbocycles. The molecule has 1 aromatic heterocycles. The van der Waals surface area contributed by atoms with Crippen molar-refractivity contribution < 1.29 is 4.74 Å². The number of aliphatic imine (C=N–C) groups is 1. The Labute approximate surface area is 165 Å². The van der Waals surface area contributed by atoms with E-state index in [1.54, 1.807) is 18.4 Å². The summed E-state index contributed by atoms with van der Waals surface area (Å²) in [7, 11) is 1.80. The quantitative estimate of drug-likeness (QED) is 0.258. The molecule has 0 atom stereocenters. The summed E-state index contributed by atoms with van der Waals surface area (Å²) in [6.07, 6.45) is 2.11. The zero-order chi connectivity index (χ0) is 16.2. The predicted octanol–water partition coefficient (Wildman–Crippen LogP) is 4.03. The second kappa shape index (κ2) is 13.2. The smallest absolute Gasteiger partial charge is 0.191 e. The summed E-state index contributed by atoms with van der Waals surface area (Å²) in [6, 6.07) is 14.5. The SMILES string of the molecule is CN=C(NCCCCOCc1ccccc1)NCc1cccs1.I. The molecule has 1 aromatic carbocycles.